The molecule has 3 aromatic carbocycles. The summed E-state index contributed by atoms with van der Waals surface area (Å²) in [5.74, 6) is -0.295. The monoisotopic (exact) mass is 316 g/mol. The third-order valence-corrected chi connectivity index (χ3v) is 3.92. The van der Waals surface area contributed by atoms with Crippen molar-refractivity contribution < 1.29 is 9.90 Å². The minimum atomic E-state index is -0.263. The molecule has 0 bridgehead atoms. The Morgan fingerprint density at radius 1 is 1.08 bits per heavy atom. The number of carbonyl (C=O) groups excluding carboxylic acids is 1. The molecule has 4 nitrogen and oxygen atoms in total. The van der Waals surface area contributed by atoms with Crippen molar-refractivity contribution in [3.8, 4) is 11.8 Å². The van der Waals surface area contributed by atoms with Gasteiger partial charge in [0.25, 0.3) is 5.91 Å². The van der Waals surface area contributed by atoms with Crippen LogP contribution in [0.3, 0.4) is 0 Å². The first-order valence-electron chi connectivity index (χ1n) is 7.55. The SMILES string of the molecule is CN(Cc1cccc(C#N)c1)C(=O)c1cc2ccccc2cc1O. The van der Waals surface area contributed by atoms with Crippen molar-refractivity contribution in [2.75, 3.05) is 7.05 Å². The molecule has 0 aliphatic rings. The van der Waals surface area contributed by atoms with Crippen LogP contribution in [-0.4, -0.2) is 23.0 Å². The van der Waals surface area contributed by atoms with Crippen LogP contribution in [-0.2, 0) is 6.54 Å². The summed E-state index contributed by atoms with van der Waals surface area (Å²) in [6.07, 6.45) is 0. The van der Waals surface area contributed by atoms with Crippen LogP contribution in [0.25, 0.3) is 10.8 Å². The van der Waals surface area contributed by atoms with Crippen molar-refractivity contribution in [2.45, 2.75) is 6.54 Å². The van der Waals surface area contributed by atoms with Gasteiger partial charge in [-0.1, -0.05) is 36.4 Å². The second-order valence-corrected chi connectivity index (χ2v) is 5.69. The predicted octanol–water partition coefficient (Wildman–Crippen LogP) is 3.69. The quantitative estimate of drug-likeness (QED) is 0.801. The highest BCUT2D eigenvalue weighted by Crippen LogP contribution is 2.26. The predicted molar refractivity (Wildman–Crippen MR) is 92.6 cm³/mol. The molecular formula is C20H16N2O2. The summed E-state index contributed by atoms with van der Waals surface area (Å²) in [6, 6.07) is 20.1. The molecule has 0 saturated carbocycles. The van der Waals surface area contributed by atoms with Crippen LogP contribution >= 0.6 is 0 Å². The van der Waals surface area contributed by atoms with Crippen LogP contribution in [0.5, 0.6) is 5.75 Å². The van der Waals surface area contributed by atoms with Crippen LogP contribution in [0.4, 0.5) is 0 Å². The van der Waals surface area contributed by atoms with Gasteiger partial charge in [0.1, 0.15) is 5.75 Å². The lowest BCUT2D eigenvalue weighted by Crippen LogP contribution is -2.26. The summed E-state index contributed by atoms with van der Waals surface area (Å²) >= 11 is 0. The summed E-state index contributed by atoms with van der Waals surface area (Å²) < 4.78 is 0. The molecule has 3 rings (SSSR count). The van der Waals surface area contributed by atoms with Crippen molar-refractivity contribution >= 4 is 16.7 Å². The van der Waals surface area contributed by atoms with Crippen LogP contribution in [0.2, 0.25) is 0 Å². The number of fused-ring (bicyclic) bond motifs is 1. The summed E-state index contributed by atoms with van der Waals surface area (Å²) in [6.45, 7) is 0.362. The summed E-state index contributed by atoms with van der Waals surface area (Å²) in [4.78, 5) is 14.2. The molecule has 0 aromatic heterocycles. The molecule has 1 N–H and O–H groups in total. The summed E-state index contributed by atoms with van der Waals surface area (Å²) in [5, 5.41) is 20.9. The van der Waals surface area contributed by atoms with Gasteiger partial charge in [-0.05, 0) is 40.6 Å². The van der Waals surface area contributed by atoms with Gasteiger partial charge in [-0.2, -0.15) is 5.26 Å². The number of nitriles is 1. The van der Waals surface area contributed by atoms with E-state index in [1.807, 2.05) is 30.3 Å². The van der Waals surface area contributed by atoms with Crippen molar-refractivity contribution in [3.63, 3.8) is 0 Å². The molecule has 0 heterocycles. The van der Waals surface area contributed by atoms with E-state index in [1.165, 1.54) is 4.90 Å². The minimum Gasteiger partial charge on any atom is -0.507 e. The lowest BCUT2D eigenvalue weighted by molar-refractivity contribution is 0.0782. The van der Waals surface area contributed by atoms with E-state index in [9.17, 15) is 9.90 Å². The first-order valence-corrected chi connectivity index (χ1v) is 7.55. The van der Waals surface area contributed by atoms with Crippen molar-refractivity contribution in [2.24, 2.45) is 0 Å². The van der Waals surface area contributed by atoms with Gasteiger partial charge in [-0.3, -0.25) is 4.79 Å². The van der Waals surface area contributed by atoms with Gasteiger partial charge >= 0.3 is 0 Å². The van der Waals surface area contributed by atoms with Gasteiger partial charge in [0.2, 0.25) is 0 Å². The van der Waals surface area contributed by atoms with Gasteiger partial charge in [-0.15, -0.1) is 0 Å². The van der Waals surface area contributed by atoms with Gasteiger partial charge in [0.05, 0.1) is 17.2 Å². The Bertz CT molecular complexity index is 957. The molecule has 1 amide bonds. The zero-order chi connectivity index (χ0) is 17.1. The van der Waals surface area contributed by atoms with Crippen molar-refractivity contribution in [3.05, 3.63) is 77.4 Å². The Morgan fingerprint density at radius 2 is 1.79 bits per heavy atom. The molecule has 118 valence electrons. The van der Waals surface area contributed by atoms with Gasteiger partial charge in [0, 0.05) is 13.6 Å². The number of rotatable bonds is 3. The average molecular weight is 316 g/mol. The smallest absolute Gasteiger partial charge is 0.257 e. The van der Waals surface area contributed by atoms with Crippen LogP contribution < -0.4 is 0 Å². The molecule has 3 aromatic rings. The summed E-state index contributed by atoms with van der Waals surface area (Å²) in [7, 11) is 1.68. The number of phenols is 1. The second kappa shape index (κ2) is 6.43. The maximum Gasteiger partial charge on any atom is 0.257 e. The molecule has 0 fully saturated rings. The Kier molecular flexibility index (Phi) is 4.17. The minimum absolute atomic E-state index is 0.0312. The Hall–Kier alpha value is -3.32. The molecule has 4 heteroatoms. The Balaban J connectivity index is 1.88. The van der Waals surface area contributed by atoms with E-state index in [0.29, 0.717) is 12.1 Å². The lowest BCUT2D eigenvalue weighted by atomic mass is 10.0. The summed E-state index contributed by atoms with van der Waals surface area (Å²) in [5.41, 5.74) is 1.69. The molecule has 0 saturated heterocycles. The molecule has 0 unspecified atom stereocenters. The topological polar surface area (TPSA) is 64.3 Å². The van der Waals surface area contributed by atoms with E-state index in [4.69, 9.17) is 5.26 Å². The number of benzene rings is 3. The number of hydrogen-bond donors (Lipinski definition) is 1. The van der Waals surface area contributed by atoms with Gasteiger partial charge in [-0.25, -0.2) is 0 Å². The van der Waals surface area contributed by atoms with Crippen LogP contribution in [0.15, 0.2) is 60.7 Å². The fourth-order valence-electron chi connectivity index (χ4n) is 2.69. The highest BCUT2D eigenvalue weighted by molar-refractivity contribution is 6.01. The molecule has 0 spiro atoms. The zero-order valence-electron chi connectivity index (χ0n) is 13.2. The van der Waals surface area contributed by atoms with E-state index >= 15 is 0 Å². The van der Waals surface area contributed by atoms with Crippen LogP contribution in [0.1, 0.15) is 21.5 Å². The number of nitrogens with zero attached hydrogens (tertiary/aromatic N) is 2. The fourth-order valence-corrected chi connectivity index (χ4v) is 2.69. The maximum absolute atomic E-state index is 12.7. The molecule has 24 heavy (non-hydrogen) atoms. The van der Waals surface area contributed by atoms with E-state index in [1.54, 1.807) is 37.4 Å². The number of phenolic OH excluding ortho intramolecular Hbond substituents is 1. The molecule has 0 radical (unpaired) electrons. The Labute approximate surface area is 140 Å². The lowest BCUT2D eigenvalue weighted by Gasteiger charge is -2.18. The molecule has 0 aliphatic heterocycles. The number of hydrogen-bond acceptors (Lipinski definition) is 3. The first kappa shape index (κ1) is 15.6. The molecule has 0 aliphatic carbocycles. The van der Waals surface area contributed by atoms with E-state index in [0.717, 1.165) is 16.3 Å². The van der Waals surface area contributed by atoms with Gasteiger partial charge in [0.15, 0.2) is 0 Å². The number of aromatic hydroxyl groups is 1. The van der Waals surface area contributed by atoms with E-state index in [-0.39, 0.29) is 17.2 Å². The van der Waals surface area contributed by atoms with Crippen molar-refractivity contribution in [1.82, 2.24) is 4.90 Å². The number of carbonyl (C=O) groups is 1. The zero-order valence-corrected chi connectivity index (χ0v) is 13.2. The highest BCUT2D eigenvalue weighted by atomic mass is 16.3. The van der Waals surface area contributed by atoms with E-state index < -0.39 is 0 Å². The number of amides is 1. The normalized spacial score (nSPS) is 10.3. The second-order valence-electron chi connectivity index (χ2n) is 5.69. The van der Waals surface area contributed by atoms with Gasteiger partial charge < -0.3 is 10.0 Å². The third-order valence-electron chi connectivity index (χ3n) is 3.92. The van der Waals surface area contributed by atoms with Crippen molar-refractivity contribution in [1.29, 1.82) is 5.26 Å². The fraction of sp³-hybridized carbons (Fsp3) is 0.100. The highest BCUT2D eigenvalue weighted by Gasteiger charge is 2.17. The first-order chi connectivity index (χ1) is 11.6. The largest absolute Gasteiger partial charge is 0.507 e. The standard InChI is InChI=1S/C20H16N2O2/c1-22(13-15-6-4-5-14(9-15)12-21)20(24)18-10-16-7-2-3-8-17(16)11-19(18)23/h2-11,23H,13H2,1H3. The molecule has 0 atom stereocenters. The molecular weight excluding hydrogens is 300 g/mol. The van der Waals surface area contributed by atoms with Crippen LogP contribution in [0, 0.1) is 11.3 Å². The third kappa shape index (κ3) is 3.06. The van der Waals surface area contributed by atoms with E-state index in [2.05, 4.69) is 6.07 Å². The average Bonchev–Trinajstić information content (AvgIpc) is 2.60. The Morgan fingerprint density at radius 3 is 2.50 bits per heavy atom. The maximum atomic E-state index is 12.7.